The van der Waals surface area contributed by atoms with Gasteiger partial charge in [0.1, 0.15) is 5.82 Å². The van der Waals surface area contributed by atoms with Crippen molar-refractivity contribution in [2.24, 2.45) is 0 Å². The van der Waals surface area contributed by atoms with Gasteiger partial charge in [0.2, 0.25) is 0 Å². The summed E-state index contributed by atoms with van der Waals surface area (Å²) in [7, 11) is 0. The van der Waals surface area contributed by atoms with Crippen molar-refractivity contribution in [2.45, 2.75) is 0 Å². The van der Waals surface area contributed by atoms with Crippen molar-refractivity contribution in [2.75, 3.05) is 9.80 Å². The van der Waals surface area contributed by atoms with E-state index in [-0.39, 0.29) is 6.71 Å². The summed E-state index contributed by atoms with van der Waals surface area (Å²) in [6, 6.07) is 71.9. The van der Waals surface area contributed by atoms with Crippen molar-refractivity contribution >= 4 is 68.3 Å². The van der Waals surface area contributed by atoms with Gasteiger partial charge in [-0.1, -0.05) is 133 Å². The number of rotatable bonds is 6. The molecule has 4 nitrogen and oxygen atoms in total. The first-order valence-corrected chi connectivity index (χ1v) is 18.5. The molecule has 0 radical (unpaired) electrons. The first kappa shape index (κ1) is 30.5. The van der Waals surface area contributed by atoms with Gasteiger partial charge >= 0.3 is 0 Å². The quantitative estimate of drug-likeness (QED) is 0.163. The zero-order chi connectivity index (χ0) is 35.6. The minimum Gasteiger partial charge on any atom is -0.311 e. The highest BCUT2D eigenvalue weighted by molar-refractivity contribution is 7.00. The molecule has 54 heavy (non-hydrogen) atoms. The van der Waals surface area contributed by atoms with Gasteiger partial charge in [-0.3, -0.25) is 4.57 Å². The molecule has 0 spiro atoms. The molecule has 9 aromatic rings. The van der Waals surface area contributed by atoms with Gasteiger partial charge in [0.05, 0.1) is 11.0 Å². The molecule has 8 aromatic carbocycles. The van der Waals surface area contributed by atoms with Gasteiger partial charge in [-0.15, -0.1) is 0 Å². The van der Waals surface area contributed by atoms with Crippen molar-refractivity contribution < 1.29 is 0 Å². The molecule has 2 aliphatic rings. The summed E-state index contributed by atoms with van der Waals surface area (Å²) < 4.78 is 2.41. The summed E-state index contributed by atoms with van der Waals surface area (Å²) >= 11 is 0. The second-order valence-electron chi connectivity index (χ2n) is 14.0. The molecule has 0 bridgehead atoms. The molecule has 5 heteroatoms. The molecule has 11 rings (SSSR count). The number of benzene rings is 8. The Morgan fingerprint density at radius 3 is 1.72 bits per heavy atom. The highest BCUT2D eigenvalue weighted by Crippen LogP contribution is 2.43. The Labute approximate surface area is 314 Å². The summed E-state index contributed by atoms with van der Waals surface area (Å²) in [5.74, 6) is 0.956. The van der Waals surface area contributed by atoms with Crippen LogP contribution < -0.4 is 26.2 Å². The standard InChI is InChI=1S/C49H33BN4/c1-5-15-34(16-6-1)35-27-29-36(30-28-35)49-51-43-24-13-23-42-48(43)54(49)45-26-14-25-44-47(45)50(42)41-32-31-40(33-46(41)53(44)39-21-11-4-12-22-39)52(37-17-7-2-8-18-37)38-19-9-3-10-20-38/h1-33H. The molecule has 252 valence electrons. The summed E-state index contributed by atoms with van der Waals surface area (Å²) in [5, 5.41) is 0. The smallest absolute Gasteiger partial charge is 0.252 e. The molecule has 0 aliphatic carbocycles. The second kappa shape index (κ2) is 12.3. The summed E-state index contributed by atoms with van der Waals surface area (Å²) in [6.07, 6.45) is 0. The Balaban J connectivity index is 1.14. The molecule has 0 atom stereocenters. The third-order valence-corrected chi connectivity index (χ3v) is 11.0. The van der Waals surface area contributed by atoms with Crippen LogP contribution in [0, 0.1) is 0 Å². The third-order valence-electron chi connectivity index (χ3n) is 11.0. The Morgan fingerprint density at radius 2 is 1.02 bits per heavy atom. The van der Waals surface area contributed by atoms with E-state index in [1.807, 2.05) is 0 Å². The van der Waals surface area contributed by atoms with Gasteiger partial charge in [-0.25, -0.2) is 4.98 Å². The number of fused-ring (bicyclic) bond motifs is 4. The molecule has 0 unspecified atom stereocenters. The maximum atomic E-state index is 5.36. The third kappa shape index (κ3) is 4.68. The zero-order valence-corrected chi connectivity index (χ0v) is 29.4. The average molecular weight is 689 g/mol. The number of aromatic nitrogens is 2. The summed E-state index contributed by atoms with van der Waals surface area (Å²) in [4.78, 5) is 10.2. The first-order chi connectivity index (χ1) is 26.8. The van der Waals surface area contributed by atoms with E-state index in [4.69, 9.17) is 4.98 Å². The van der Waals surface area contributed by atoms with Crippen LogP contribution in [-0.4, -0.2) is 16.3 Å². The van der Waals surface area contributed by atoms with Crippen LogP contribution in [0.5, 0.6) is 0 Å². The predicted molar refractivity (Wildman–Crippen MR) is 226 cm³/mol. The molecule has 0 saturated carbocycles. The fraction of sp³-hybridized carbons (Fsp3) is 0. The summed E-state index contributed by atoms with van der Waals surface area (Å²) in [6.45, 7) is 0.0309. The lowest BCUT2D eigenvalue weighted by molar-refractivity contribution is 1.10. The molecule has 0 N–H and O–H groups in total. The maximum absolute atomic E-state index is 5.36. The van der Waals surface area contributed by atoms with E-state index in [1.54, 1.807) is 0 Å². The van der Waals surface area contributed by atoms with Crippen molar-refractivity contribution in [1.29, 1.82) is 0 Å². The average Bonchev–Trinajstić information content (AvgIpc) is 3.64. The zero-order valence-electron chi connectivity index (χ0n) is 29.4. The predicted octanol–water partition coefficient (Wildman–Crippen LogP) is 10.4. The van der Waals surface area contributed by atoms with Crippen LogP contribution in [0.25, 0.3) is 39.2 Å². The minimum absolute atomic E-state index is 0.0309. The van der Waals surface area contributed by atoms with Gasteiger partial charge in [0, 0.05) is 45.4 Å². The SMILES string of the molecule is c1ccc(-c2ccc(-c3nc4cccc5c4n3-c3cccc4c3B5c3ccc(N(c5ccccc5)c5ccccc5)cc3N4c3ccccc3)cc2)cc1. The number of nitrogens with zero attached hydrogens (tertiary/aromatic N) is 4. The Morgan fingerprint density at radius 1 is 0.426 bits per heavy atom. The van der Waals surface area contributed by atoms with Crippen molar-refractivity contribution in [3.8, 4) is 28.2 Å². The van der Waals surface area contributed by atoms with Gasteiger partial charge in [0.25, 0.3) is 6.71 Å². The van der Waals surface area contributed by atoms with Crippen LogP contribution in [0.3, 0.4) is 0 Å². The van der Waals surface area contributed by atoms with Crippen molar-refractivity contribution in [3.63, 3.8) is 0 Å². The molecule has 0 fully saturated rings. The van der Waals surface area contributed by atoms with E-state index >= 15 is 0 Å². The maximum Gasteiger partial charge on any atom is 0.252 e. The normalized spacial score (nSPS) is 12.4. The Bertz CT molecular complexity index is 2780. The molecule has 2 aliphatic heterocycles. The largest absolute Gasteiger partial charge is 0.311 e. The minimum atomic E-state index is 0.0309. The highest BCUT2D eigenvalue weighted by Gasteiger charge is 2.42. The van der Waals surface area contributed by atoms with E-state index in [2.05, 4.69) is 215 Å². The van der Waals surface area contributed by atoms with E-state index in [0.717, 1.165) is 39.7 Å². The van der Waals surface area contributed by atoms with Gasteiger partial charge in [-0.05, 0) is 94.2 Å². The fourth-order valence-corrected chi connectivity index (χ4v) is 8.66. The van der Waals surface area contributed by atoms with Crippen molar-refractivity contribution in [3.05, 3.63) is 200 Å². The van der Waals surface area contributed by atoms with Gasteiger partial charge < -0.3 is 9.80 Å². The number of hydrogen-bond donors (Lipinski definition) is 0. The van der Waals surface area contributed by atoms with Gasteiger partial charge in [-0.2, -0.15) is 0 Å². The van der Waals surface area contributed by atoms with Crippen LogP contribution >= 0.6 is 0 Å². The number of hydrogen-bond acceptors (Lipinski definition) is 3. The number of anilines is 6. The van der Waals surface area contributed by atoms with Crippen LogP contribution in [0.4, 0.5) is 34.1 Å². The molecule has 0 saturated heterocycles. The lowest BCUT2D eigenvalue weighted by Crippen LogP contribution is -2.60. The summed E-state index contributed by atoms with van der Waals surface area (Å²) in [5.41, 5.74) is 17.5. The lowest BCUT2D eigenvalue weighted by atomic mass is 9.34. The second-order valence-corrected chi connectivity index (χ2v) is 14.0. The first-order valence-electron chi connectivity index (χ1n) is 18.5. The van der Waals surface area contributed by atoms with Crippen LogP contribution in [-0.2, 0) is 0 Å². The van der Waals surface area contributed by atoms with E-state index in [9.17, 15) is 0 Å². The van der Waals surface area contributed by atoms with Crippen LogP contribution in [0.2, 0.25) is 0 Å². The molecular formula is C49H33BN4. The van der Waals surface area contributed by atoms with E-state index < -0.39 is 0 Å². The van der Waals surface area contributed by atoms with Gasteiger partial charge in [0.15, 0.2) is 0 Å². The van der Waals surface area contributed by atoms with Crippen LogP contribution in [0.1, 0.15) is 0 Å². The molecule has 0 amide bonds. The number of imidazole rings is 1. The lowest BCUT2D eigenvalue weighted by Gasteiger charge is -2.40. The van der Waals surface area contributed by atoms with E-state index in [1.165, 1.54) is 50.1 Å². The number of para-hydroxylation sites is 4. The van der Waals surface area contributed by atoms with Crippen LogP contribution in [0.15, 0.2) is 200 Å². The topological polar surface area (TPSA) is 24.3 Å². The highest BCUT2D eigenvalue weighted by atomic mass is 15.2. The molecule has 1 aromatic heterocycles. The molecule has 3 heterocycles. The van der Waals surface area contributed by atoms with Crippen molar-refractivity contribution in [1.82, 2.24) is 9.55 Å². The fourth-order valence-electron chi connectivity index (χ4n) is 8.66. The molecular weight excluding hydrogens is 655 g/mol. The monoisotopic (exact) mass is 688 g/mol. The Hall–Kier alpha value is -7.11. The van der Waals surface area contributed by atoms with E-state index in [0.29, 0.717) is 0 Å². The Kier molecular flexibility index (Phi) is 6.92.